The van der Waals surface area contributed by atoms with Crippen molar-refractivity contribution in [3.05, 3.63) is 47.8 Å². The lowest BCUT2D eigenvalue weighted by molar-refractivity contribution is 0.313. The molecule has 1 fully saturated rings. The first-order valence-electron chi connectivity index (χ1n) is 6.79. The molecule has 4 heteroatoms. The summed E-state index contributed by atoms with van der Waals surface area (Å²) in [7, 11) is 2.11. The molecule has 0 atom stereocenters. The van der Waals surface area contributed by atoms with E-state index in [9.17, 15) is 0 Å². The predicted molar refractivity (Wildman–Crippen MR) is 72.4 cm³/mol. The monoisotopic (exact) mass is 260 g/mol. The Kier molecular flexibility index (Phi) is 3.71. The van der Waals surface area contributed by atoms with Gasteiger partial charge < -0.3 is 14.2 Å². The van der Waals surface area contributed by atoms with E-state index < -0.39 is 0 Å². The molecule has 102 valence electrons. The number of furan rings is 2. The first-order valence-corrected chi connectivity index (χ1v) is 6.79. The zero-order valence-corrected chi connectivity index (χ0v) is 11.3. The number of hydrogen-bond acceptors (Lipinski definition) is 4. The second-order valence-corrected chi connectivity index (χ2v) is 5.33. The van der Waals surface area contributed by atoms with Gasteiger partial charge in [0.05, 0.1) is 25.3 Å². The topological polar surface area (TPSA) is 41.6 Å². The van der Waals surface area contributed by atoms with Crippen LogP contribution in [0.25, 0.3) is 0 Å². The molecule has 1 N–H and O–H groups in total. The van der Waals surface area contributed by atoms with E-state index in [4.69, 9.17) is 8.83 Å². The van der Waals surface area contributed by atoms with Gasteiger partial charge in [-0.1, -0.05) is 0 Å². The number of hydrogen-bond donors (Lipinski definition) is 1. The Morgan fingerprint density at radius 2 is 2.16 bits per heavy atom. The third kappa shape index (κ3) is 3.49. The molecule has 0 aliphatic heterocycles. The maximum absolute atomic E-state index is 5.57. The van der Waals surface area contributed by atoms with Crippen molar-refractivity contribution in [1.82, 2.24) is 10.2 Å². The Morgan fingerprint density at radius 3 is 2.89 bits per heavy atom. The Labute approximate surface area is 113 Å². The van der Waals surface area contributed by atoms with Crippen LogP contribution in [0.4, 0.5) is 0 Å². The summed E-state index contributed by atoms with van der Waals surface area (Å²) in [6.07, 6.45) is 7.89. The highest BCUT2D eigenvalue weighted by Crippen LogP contribution is 2.21. The summed E-state index contributed by atoms with van der Waals surface area (Å²) in [5.74, 6) is 1.06. The summed E-state index contributed by atoms with van der Waals surface area (Å²) in [6, 6.07) is 4.78. The molecule has 2 heterocycles. The fourth-order valence-corrected chi connectivity index (χ4v) is 2.23. The minimum Gasteiger partial charge on any atom is -0.472 e. The standard InChI is InChI=1S/C15H20N2O2/c1-17(9-12-4-6-18-11-12)10-13-5-7-19-15(13)8-16-14-2-3-14/h4-7,11,14,16H,2-3,8-10H2,1H3. The zero-order chi connectivity index (χ0) is 13.1. The molecule has 0 aromatic carbocycles. The molecule has 0 unspecified atom stereocenters. The van der Waals surface area contributed by atoms with Crippen LogP contribution >= 0.6 is 0 Å². The van der Waals surface area contributed by atoms with Crippen LogP contribution in [0.5, 0.6) is 0 Å². The largest absolute Gasteiger partial charge is 0.472 e. The molecule has 0 radical (unpaired) electrons. The maximum Gasteiger partial charge on any atom is 0.122 e. The predicted octanol–water partition coefficient (Wildman–Crippen LogP) is 2.76. The molecular formula is C15H20N2O2. The third-order valence-electron chi connectivity index (χ3n) is 3.44. The summed E-state index contributed by atoms with van der Waals surface area (Å²) in [5.41, 5.74) is 2.46. The molecule has 19 heavy (non-hydrogen) atoms. The Balaban J connectivity index is 1.54. The van der Waals surface area contributed by atoms with Gasteiger partial charge in [-0.05, 0) is 32.0 Å². The van der Waals surface area contributed by atoms with Crippen LogP contribution in [0.15, 0.2) is 39.8 Å². The van der Waals surface area contributed by atoms with Crippen molar-refractivity contribution in [2.75, 3.05) is 7.05 Å². The quantitative estimate of drug-likeness (QED) is 0.831. The molecule has 4 nitrogen and oxygen atoms in total. The number of rotatable bonds is 7. The molecule has 0 amide bonds. The fraction of sp³-hybridized carbons (Fsp3) is 0.467. The second-order valence-electron chi connectivity index (χ2n) is 5.33. The molecule has 2 aromatic heterocycles. The average Bonchev–Trinajstić information content (AvgIpc) is 2.89. The van der Waals surface area contributed by atoms with Gasteiger partial charge in [0.2, 0.25) is 0 Å². The van der Waals surface area contributed by atoms with E-state index in [1.807, 2.05) is 6.07 Å². The van der Waals surface area contributed by atoms with Gasteiger partial charge in [0.1, 0.15) is 5.76 Å². The molecule has 0 spiro atoms. The SMILES string of the molecule is CN(Cc1ccoc1)Cc1ccoc1CNC1CC1. The highest BCUT2D eigenvalue weighted by atomic mass is 16.3. The van der Waals surface area contributed by atoms with E-state index in [0.29, 0.717) is 6.04 Å². The minimum atomic E-state index is 0.710. The van der Waals surface area contributed by atoms with Crippen molar-refractivity contribution in [3.63, 3.8) is 0 Å². The van der Waals surface area contributed by atoms with Crippen molar-refractivity contribution in [3.8, 4) is 0 Å². The van der Waals surface area contributed by atoms with E-state index in [1.54, 1.807) is 18.8 Å². The minimum absolute atomic E-state index is 0.710. The van der Waals surface area contributed by atoms with Crippen LogP contribution in [-0.4, -0.2) is 18.0 Å². The molecule has 2 aromatic rings. The van der Waals surface area contributed by atoms with Crippen molar-refractivity contribution in [1.29, 1.82) is 0 Å². The van der Waals surface area contributed by atoms with Crippen molar-refractivity contribution in [2.45, 2.75) is 38.5 Å². The highest BCUT2D eigenvalue weighted by molar-refractivity contribution is 5.17. The highest BCUT2D eigenvalue weighted by Gasteiger charge is 2.21. The lowest BCUT2D eigenvalue weighted by Crippen LogP contribution is -2.20. The Morgan fingerprint density at radius 1 is 1.26 bits per heavy atom. The van der Waals surface area contributed by atoms with Gasteiger partial charge in [-0.25, -0.2) is 0 Å². The Bertz CT molecular complexity index is 500. The van der Waals surface area contributed by atoms with Gasteiger partial charge in [0.25, 0.3) is 0 Å². The molecule has 0 saturated heterocycles. The number of nitrogens with zero attached hydrogens (tertiary/aromatic N) is 1. The zero-order valence-electron chi connectivity index (χ0n) is 11.3. The van der Waals surface area contributed by atoms with Gasteiger partial charge >= 0.3 is 0 Å². The summed E-state index contributed by atoms with van der Waals surface area (Å²) in [4.78, 5) is 2.26. The molecule has 1 aliphatic rings. The first-order chi connectivity index (χ1) is 9.31. The van der Waals surface area contributed by atoms with Gasteiger partial charge in [0.15, 0.2) is 0 Å². The fourth-order valence-electron chi connectivity index (χ4n) is 2.23. The van der Waals surface area contributed by atoms with Crippen molar-refractivity contribution < 1.29 is 8.83 Å². The van der Waals surface area contributed by atoms with Crippen LogP contribution in [-0.2, 0) is 19.6 Å². The van der Waals surface area contributed by atoms with E-state index in [1.165, 1.54) is 24.0 Å². The lowest BCUT2D eigenvalue weighted by Gasteiger charge is -2.15. The van der Waals surface area contributed by atoms with E-state index >= 15 is 0 Å². The van der Waals surface area contributed by atoms with Gasteiger partial charge in [-0.3, -0.25) is 4.90 Å². The molecular weight excluding hydrogens is 240 g/mol. The summed E-state index contributed by atoms with van der Waals surface area (Å²) in [5, 5.41) is 3.49. The van der Waals surface area contributed by atoms with E-state index in [0.717, 1.165) is 25.4 Å². The molecule has 1 saturated carbocycles. The molecule has 3 rings (SSSR count). The van der Waals surface area contributed by atoms with Gasteiger partial charge in [-0.2, -0.15) is 0 Å². The average molecular weight is 260 g/mol. The molecule has 0 bridgehead atoms. The van der Waals surface area contributed by atoms with Crippen molar-refractivity contribution >= 4 is 0 Å². The van der Waals surface area contributed by atoms with Crippen molar-refractivity contribution in [2.24, 2.45) is 0 Å². The van der Waals surface area contributed by atoms with Crippen LogP contribution in [0.2, 0.25) is 0 Å². The Hall–Kier alpha value is -1.52. The lowest BCUT2D eigenvalue weighted by atomic mass is 10.2. The third-order valence-corrected chi connectivity index (χ3v) is 3.44. The first kappa shape index (κ1) is 12.5. The normalized spacial score (nSPS) is 15.3. The summed E-state index contributed by atoms with van der Waals surface area (Å²) < 4.78 is 10.7. The number of nitrogens with one attached hydrogen (secondary N) is 1. The van der Waals surface area contributed by atoms with Gasteiger partial charge in [-0.15, -0.1) is 0 Å². The van der Waals surface area contributed by atoms with Crippen LogP contribution in [0, 0.1) is 0 Å². The summed E-state index contributed by atoms with van der Waals surface area (Å²) in [6.45, 7) is 2.62. The summed E-state index contributed by atoms with van der Waals surface area (Å²) >= 11 is 0. The van der Waals surface area contributed by atoms with Gasteiger partial charge in [0, 0.05) is 30.3 Å². The van der Waals surface area contributed by atoms with E-state index in [-0.39, 0.29) is 0 Å². The van der Waals surface area contributed by atoms with Crippen LogP contribution in [0.3, 0.4) is 0 Å². The smallest absolute Gasteiger partial charge is 0.122 e. The maximum atomic E-state index is 5.57. The van der Waals surface area contributed by atoms with Crippen LogP contribution < -0.4 is 5.32 Å². The second kappa shape index (κ2) is 5.63. The van der Waals surface area contributed by atoms with Crippen LogP contribution in [0.1, 0.15) is 29.7 Å². The molecule has 1 aliphatic carbocycles. The van der Waals surface area contributed by atoms with E-state index in [2.05, 4.69) is 23.3 Å².